The fraction of sp³-hybridized carbons (Fsp3) is 0.312. The van der Waals surface area contributed by atoms with Gasteiger partial charge in [-0.15, -0.1) is 0 Å². The number of ether oxygens (including phenoxy) is 2. The number of aromatic nitrogens is 3. The third-order valence-electron chi connectivity index (χ3n) is 6.98. The molecule has 1 aliphatic heterocycles. The highest BCUT2D eigenvalue weighted by Crippen LogP contribution is 2.35. The number of allylic oxidation sites excluding steroid dienone is 1. The van der Waals surface area contributed by atoms with Gasteiger partial charge in [0.05, 0.1) is 24.5 Å². The van der Waals surface area contributed by atoms with Crippen molar-refractivity contribution in [1.29, 1.82) is 5.26 Å². The number of hydrogen-bond donors (Lipinski definition) is 0. The molecular formula is C32H32FN5O3. The van der Waals surface area contributed by atoms with Crippen molar-refractivity contribution in [3.8, 4) is 34.6 Å². The second-order valence-corrected chi connectivity index (χ2v) is 11.2. The standard InChI is InChI=1S/C32H32FN5O3/c1-32(2,3)17-23(18-34)31(39)37-15-6-7-22(20-37)30-36-29(25-19-35-14-16-38(25)30)21-10-12-24(13-11-21)41-27-9-5-8-26(40-4)28(27)33/h5,8-14,16-17,19,22H,6-7,15,20H2,1-4H3/b23-17+/t22-/m0/s1. The Kier molecular flexibility index (Phi) is 7.75. The van der Waals surface area contributed by atoms with Gasteiger partial charge in [-0.25, -0.2) is 4.98 Å². The van der Waals surface area contributed by atoms with Gasteiger partial charge in [0.25, 0.3) is 5.91 Å². The molecule has 3 heterocycles. The molecule has 9 heteroatoms. The Morgan fingerprint density at radius 2 is 1.93 bits per heavy atom. The lowest BCUT2D eigenvalue weighted by Gasteiger charge is -2.32. The van der Waals surface area contributed by atoms with E-state index in [4.69, 9.17) is 14.5 Å². The van der Waals surface area contributed by atoms with Crippen molar-refractivity contribution in [2.75, 3.05) is 20.2 Å². The lowest BCUT2D eigenvalue weighted by molar-refractivity contribution is -0.128. The molecular weight excluding hydrogens is 521 g/mol. The number of amides is 1. The number of piperidine rings is 1. The van der Waals surface area contributed by atoms with E-state index in [0.29, 0.717) is 18.8 Å². The smallest absolute Gasteiger partial charge is 0.264 e. The number of halogens is 1. The molecule has 0 saturated carbocycles. The molecule has 0 bridgehead atoms. The third kappa shape index (κ3) is 5.92. The molecule has 2 aromatic carbocycles. The average molecular weight is 554 g/mol. The maximum Gasteiger partial charge on any atom is 0.264 e. The van der Waals surface area contributed by atoms with Crippen molar-refractivity contribution < 1.29 is 18.7 Å². The van der Waals surface area contributed by atoms with Crippen LogP contribution in [0.5, 0.6) is 17.2 Å². The highest BCUT2D eigenvalue weighted by Gasteiger charge is 2.30. The van der Waals surface area contributed by atoms with Crippen molar-refractivity contribution in [2.45, 2.75) is 39.5 Å². The van der Waals surface area contributed by atoms with Gasteiger partial charge in [0.2, 0.25) is 5.82 Å². The zero-order valence-corrected chi connectivity index (χ0v) is 23.6. The number of nitriles is 1. The van der Waals surface area contributed by atoms with Gasteiger partial charge in [-0.05, 0) is 54.7 Å². The first-order valence-electron chi connectivity index (χ1n) is 13.5. The van der Waals surface area contributed by atoms with Crippen LogP contribution in [0.15, 0.2) is 72.7 Å². The second-order valence-electron chi connectivity index (χ2n) is 11.2. The SMILES string of the molecule is COc1cccc(Oc2ccc(-c3nc([C@H]4CCCN(C(=O)/C(C#N)=C/C(C)(C)C)C4)n4ccncc34)cc2)c1F. The van der Waals surface area contributed by atoms with Crippen molar-refractivity contribution in [3.05, 3.63) is 84.3 Å². The van der Waals surface area contributed by atoms with Crippen LogP contribution < -0.4 is 9.47 Å². The summed E-state index contributed by atoms with van der Waals surface area (Å²) in [5.74, 6) is 0.686. The van der Waals surface area contributed by atoms with Gasteiger partial charge >= 0.3 is 0 Å². The summed E-state index contributed by atoms with van der Waals surface area (Å²) < 4.78 is 27.4. The van der Waals surface area contributed by atoms with Crippen LogP contribution in [0.25, 0.3) is 16.8 Å². The van der Waals surface area contributed by atoms with Crippen LogP contribution in [-0.2, 0) is 4.79 Å². The molecule has 8 nitrogen and oxygen atoms in total. The summed E-state index contributed by atoms with van der Waals surface area (Å²) in [6.07, 6.45) is 8.79. The predicted octanol–water partition coefficient (Wildman–Crippen LogP) is 6.54. The van der Waals surface area contributed by atoms with Crippen molar-refractivity contribution in [1.82, 2.24) is 19.3 Å². The molecule has 1 saturated heterocycles. The van der Waals surface area contributed by atoms with Crippen LogP contribution in [0.3, 0.4) is 0 Å². The summed E-state index contributed by atoms with van der Waals surface area (Å²) in [5, 5.41) is 9.66. The minimum atomic E-state index is -0.564. The van der Waals surface area contributed by atoms with Crippen LogP contribution in [-0.4, -0.2) is 45.4 Å². The summed E-state index contributed by atoms with van der Waals surface area (Å²) >= 11 is 0. The van der Waals surface area contributed by atoms with Gasteiger partial charge in [-0.3, -0.25) is 14.2 Å². The number of methoxy groups -OCH3 is 1. The van der Waals surface area contributed by atoms with Crippen LogP contribution in [0.4, 0.5) is 4.39 Å². The number of likely N-dealkylation sites (tertiary alicyclic amines) is 1. The first-order chi connectivity index (χ1) is 19.7. The van der Waals surface area contributed by atoms with Gasteiger partial charge < -0.3 is 14.4 Å². The molecule has 0 spiro atoms. The first-order valence-corrected chi connectivity index (χ1v) is 13.5. The molecule has 1 atom stereocenters. The van der Waals surface area contributed by atoms with Gasteiger partial charge in [-0.2, -0.15) is 9.65 Å². The maximum absolute atomic E-state index is 14.6. The minimum absolute atomic E-state index is 0.00966. The highest BCUT2D eigenvalue weighted by atomic mass is 19.1. The third-order valence-corrected chi connectivity index (χ3v) is 6.98. The van der Waals surface area contributed by atoms with Gasteiger partial charge in [0.15, 0.2) is 11.5 Å². The maximum atomic E-state index is 14.6. The lowest BCUT2D eigenvalue weighted by atomic mass is 9.92. The summed E-state index contributed by atoms with van der Waals surface area (Å²) in [7, 11) is 1.41. The van der Waals surface area contributed by atoms with E-state index in [1.165, 1.54) is 13.2 Å². The lowest BCUT2D eigenvalue weighted by Crippen LogP contribution is -2.40. The van der Waals surface area contributed by atoms with Crippen molar-refractivity contribution in [3.63, 3.8) is 0 Å². The molecule has 1 amide bonds. The topological polar surface area (TPSA) is 92.8 Å². The number of rotatable bonds is 6. The molecule has 210 valence electrons. The van der Waals surface area contributed by atoms with E-state index in [9.17, 15) is 14.4 Å². The Hall–Kier alpha value is -4.71. The highest BCUT2D eigenvalue weighted by molar-refractivity contribution is 5.97. The van der Waals surface area contributed by atoms with E-state index in [1.807, 2.05) is 43.5 Å². The van der Waals surface area contributed by atoms with Crippen LogP contribution in [0, 0.1) is 22.6 Å². The molecule has 4 aromatic rings. The van der Waals surface area contributed by atoms with Crippen LogP contribution >= 0.6 is 0 Å². The van der Waals surface area contributed by atoms with Crippen molar-refractivity contribution in [2.24, 2.45) is 5.41 Å². The Morgan fingerprint density at radius 3 is 2.63 bits per heavy atom. The molecule has 1 fully saturated rings. The summed E-state index contributed by atoms with van der Waals surface area (Å²) in [6.45, 7) is 6.99. The summed E-state index contributed by atoms with van der Waals surface area (Å²) in [5.41, 5.74) is 2.33. The number of fused-ring (bicyclic) bond motifs is 1. The first kappa shape index (κ1) is 27.8. The Balaban J connectivity index is 1.42. The summed E-state index contributed by atoms with van der Waals surface area (Å²) in [4.78, 5) is 24.4. The Morgan fingerprint density at radius 1 is 1.17 bits per heavy atom. The molecule has 1 aliphatic rings. The zero-order chi connectivity index (χ0) is 29.1. The van der Waals surface area contributed by atoms with E-state index in [2.05, 4.69) is 11.1 Å². The number of benzene rings is 2. The number of nitrogens with zero attached hydrogens (tertiary/aromatic N) is 5. The van der Waals surface area contributed by atoms with Gasteiger partial charge in [0, 0.05) is 37.0 Å². The number of hydrogen-bond acceptors (Lipinski definition) is 6. The Labute approximate surface area is 238 Å². The quantitative estimate of drug-likeness (QED) is 0.199. The normalized spacial score (nSPS) is 16.0. The molecule has 0 aliphatic carbocycles. The molecule has 0 unspecified atom stereocenters. The summed E-state index contributed by atoms with van der Waals surface area (Å²) in [6, 6.07) is 14.1. The fourth-order valence-electron chi connectivity index (χ4n) is 5.11. The van der Waals surface area contributed by atoms with E-state index >= 15 is 0 Å². The number of carbonyl (C=O) groups is 1. The minimum Gasteiger partial charge on any atom is -0.494 e. The van der Waals surface area contributed by atoms with Gasteiger partial charge in [0.1, 0.15) is 23.2 Å². The Bertz CT molecular complexity index is 1650. The number of carbonyl (C=O) groups excluding carboxylic acids is 1. The van der Waals surface area contributed by atoms with E-state index in [0.717, 1.165) is 35.4 Å². The fourth-order valence-corrected chi connectivity index (χ4v) is 5.11. The average Bonchev–Trinajstić information content (AvgIpc) is 3.36. The molecule has 0 radical (unpaired) electrons. The zero-order valence-electron chi connectivity index (χ0n) is 23.6. The molecule has 2 aromatic heterocycles. The monoisotopic (exact) mass is 553 g/mol. The largest absolute Gasteiger partial charge is 0.494 e. The van der Waals surface area contributed by atoms with E-state index < -0.39 is 5.82 Å². The second kappa shape index (κ2) is 11.4. The van der Waals surface area contributed by atoms with Crippen LogP contribution in [0.1, 0.15) is 45.4 Å². The van der Waals surface area contributed by atoms with Crippen LogP contribution in [0.2, 0.25) is 0 Å². The molecule has 0 N–H and O–H groups in total. The molecule has 5 rings (SSSR count). The van der Waals surface area contributed by atoms with E-state index in [-0.39, 0.29) is 34.3 Å². The van der Waals surface area contributed by atoms with Gasteiger partial charge in [-0.1, -0.05) is 32.9 Å². The molecule has 41 heavy (non-hydrogen) atoms. The van der Waals surface area contributed by atoms with E-state index in [1.54, 1.807) is 47.6 Å². The van der Waals surface area contributed by atoms with Crippen molar-refractivity contribution >= 4 is 11.4 Å². The number of imidazole rings is 1. The predicted molar refractivity (Wildman–Crippen MR) is 153 cm³/mol.